The van der Waals surface area contributed by atoms with Gasteiger partial charge in [-0.15, -0.1) is 0 Å². The Morgan fingerprint density at radius 1 is 1.20 bits per heavy atom. The van der Waals surface area contributed by atoms with Gasteiger partial charge in [0, 0.05) is 6.54 Å². The van der Waals surface area contributed by atoms with E-state index in [1.54, 1.807) is 4.90 Å². The van der Waals surface area contributed by atoms with Crippen molar-refractivity contribution >= 4 is 0 Å². The standard InChI is InChI=1S/C9H20N2O4/c10-2-1-3-11-4-7(13)9(15)8(14)6(11)5-12/h6-9,12-15H,1-5,10H2/t6-,7+,8-,9-/m1/s1. The molecule has 0 saturated carbocycles. The molecular formula is C9H20N2O4. The van der Waals surface area contributed by atoms with Crippen molar-refractivity contribution in [2.45, 2.75) is 30.8 Å². The van der Waals surface area contributed by atoms with Crippen LogP contribution in [0.4, 0.5) is 0 Å². The van der Waals surface area contributed by atoms with Crippen LogP contribution in [0.15, 0.2) is 0 Å². The van der Waals surface area contributed by atoms with Crippen LogP contribution in [0, 0.1) is 0 Å². The molecule has 0 aromatic carbocycles. The van der Waals surface area contributed by atoms with E-state index in [4.69, 9.17) is 10.8 Å². The van der Waals surface area contributed by atoms with Crippen LogP contribution in [0.5, 0.6) is 0 Å². The fraction of sp³-hybridized carbons (Fsp3) is 1.00. The summed E-state index contributed by atoms with van der Waals surface area (Å²) in [6, 6.07) is -0.519. The summed E-state index contributed by atoms with van der Waals surface area (Å²) >= 11 is 0. The number of aliphatic hydroxyl groups excluding tert-OH is 4. The summed E-state index contributed by atoms with van der Waals surface area (Å²) in [5.74, 6) is 0. The number of hydrogen-bond acceptors (Lipinski definition) is 6. The quantitative estimate of drug-likeness (QED) is 0.347. The number of hydrogen-bond donors (Lipinski definition) is 5. The van der Waals surface area contributed by atoms with Crippen molar-refractivity contribution in [2.75, 3.05) is 26.2 Å². The second-order valence-electron chi connectivity index (χ2n) is 3.94. The van der Waals surface area contributed by atoms with Crippen LogP contribution in [-0.2, 0) is 0 Å². The minimum atomic E-state index is -1.18. The molecule has 1 rings (SSSR count). The molecule has 90 valence electrons. The summed E-state index contributed by atoms with van der Waals surface area (Å²) in [7, 11) is 0. The van der Waals surface area contributed by atoms with E-state index in [0.717, 1.165) is 6.42 Å². The van der Waals surface area contributed by atoms with Gasteiger partial charge in [-0.3, -0.25) is 4.90 Å². The Hall–Kier alpha value is -0.240. The molecule has 0 spiro atoms. The van der Waals surface area contributed by atoms with Crippen LogP contribution in [0.1, 0.15) is 6.42 Å². The fourth-order valence-corrected chi connectivity index (χ4v) is 1.93. The zero-order valence-electron chi connectivity index (χ0n) is 8.66. The Morgan fingerprint density at radius 2 is 1.87 bits per heavy atom. The van der Waals surface area contributed by atoms with E-state index in [0.29, 0.717) is 13.1 Å². The van der Waals surface area contributed by atoms with Gasteiger partial charge in [0.1, 0.15) is 12.2 Å². The Bertz CT molecular complexity index is 193. The molecule has 0 amide bonds. The number of likely N-dealkylation sites (tertiary alicyclic amines) is 1. The van der Waals surface area contributed by atoms with Crippen LogP contribution >= 0.6 is 0 Å². The summed E-state index contributed by atoms with van der Waals surface area (Å²) in [6.07, 6.45) is -2.54. The van der Waals surface area contributed by atoms with Crippen LogP contribution in [0.25, 0.3) is 0 Å². The first-order valence-corrected chi connectivity index (χ1v) is 5.21. The maximum Gasteiger partial charge on any atom is 0.109 e. The Morgan fingerprint density at radius 3 is 2.40 bits per heavy atom. The highest BCUT2D eigenvalue weighted by molar-refractivity contribution is 4.93. The van der Waals surface area contributed by atoms with Gasteiger partial charge < -0.3 is 26.2 Å². The molecule has 1 fully saturated rings. The number of aliphatic hydroxyl groups is 4. The predicted molar refractivity (Wildman–Crippen MR) is 54.1 cm³/mol. The first-order chi connectivity index (χ1) is 7.11. The van der Waals surface area contributed by atoms with Crippen LogP contribution in [0.3, 0.4) is 0 Å². The zero-order valence-corrected chi connectivity index (χ0v) is 8.66. The minimum Gasteiger partial charge on any atom is -0.395 e. The lowest BCUT2D eigenvalue weighted by atomic mass is 9.94. The molecule has 1 heterocycles. The SMILES string of the molecule is NCCCN1C[C@H](O)[C@@H](O)[C@H](O)[C@H]1CO. The van der Waals surface area contributed by atoms with Crippen molar-refractivity contribution in [3.8, 4) is 0 Å². The molecule has 6 N–H and O–H groups in total. The van der Waals surface area contributed by atoms with Crippen molar-refractivity contribution in [2.24, 2.45) is 5.73 Å². The normalized spacial score (nSPS) is 38.2. The number of nitrogens with zero attached hydrogens (tertiary/aromatic N) is 1. The van der Waals surface area contributed by atoms with Gasteiger partial charge in [-0.1, -0.05) is 0 Å². The van der Waals surface area contributed by atoms with E-state index in [-0.39, 0.29) is 13.2 Å². The van der Waals surface area contributed by atoms with E-state index in [1.165, 1.54) is 0 Å². The molecule has 0 unspecified atom stereocenters. The van der Waals surface area contributed by atoms with Gasteiger partial charge in [0.2, 0.25) is 0 Å². The van der Waals surface area contributed by atoms with Crippen molar-refractivity contribution < 1.29 is 20.4 Å². The predicted octanol–water partition coefficient (Wildman–Crippen LogP) is -2.91. The third-order valence-corrected chi connectivity index (χ3v) is 2.87. The molecule has 0 aromatic heterocycles. The third-order valence-electron chi connectivity index (χ3n) is 2.87. The molecule has 6 nitrogen and oxygen atoms in total. The van der Waals surface area contributed by atoms with Crippen LogP contribution in [0.2, 0.25) is 0 Å². The van der Waals surface area contributed by atoms with Crippen LogP contribution < -0.4 is 5.73 Å². The summed E-state index contributed by atoms with van der Waals surface area (Å²) in [6.45, 7) is 1.13. The fourth-order valence-electron chi connectivity index (χ4n) is 1.93. The molecule has 0 aromatic rings. The molecular weight excluding hydrogens is 200 g/mol. The molecule has 0 aliphatic carbocycles. The highest BCUT2D eigenvalue weighted by Gasteiger charge is 2.40. The first kappa shape index (κ1) is 12.8. The topological polar surface area (TPSA) is 110 Å². The third kappa shape index (κ3) is 2.87. The van der Waals surface area contributed by atoms with E-state index in [2.05, 4.69) is 0 Å². The molecule has 1 saturated heterocycles. The molecule has 1 aliphatic heterocycles. The summed E-state index contributed by atoms with van der Waals surface area (Å²) in [4.78, 5) is 1.76. The van der Waals surface area contributed by atoms with E-state index >= 15 is 0 Å². The second kappa shape index (κ2) is 5.74. The zero-order chi connectivity index (χ0) is 11.4. The molecule has 0 radical (unpaired) electrons. The van der Waals surface area contributed by atoms with Crippen molar-refractivity contribution in [1.82, 2.24) is 4.90 Å². The molecule has 0 bridgehead atoms. The highest BCUT2D eigenvalue weighted by Crippen LogP contribution is 2.18. The van der Waals surface area contributed by atoms with Gasteiger partial charge >= 0.3 is 0 Å². The average molecular weight is 220 g/mol. The van der Waals surface area contributed by atoms with Crippen molar-refractivity contribution in [1.29, 1.82) is 0 Å². The van der Waals surface area contributed by atoms with Gasteiger partial charge in [-0.25, -0.2) is 0 Å². The van der Waals surface area contributed by atoms with E-state index in [1.807, 2.05) is 0 Å². The number of rotatable bonds is 4. The number of nitrogens with two attached hydrogens (primary N) is 1. The number of piperidine rings is 1. The lowest BCUT2D eigenvalue weighted by molar-refractivity contribution is -0.144. The molecule has 4 atom stereocenters. The van der Waals surface area contributed by atoms with Gasteiger partial charge in [-0.05, 0) is 19.5 Å². The second-order valence-corrected chi connectivity index (χ2v) is 3.94. The smallest absolute Gasteiger partial charge is 0.109 e. The molecule has 15 heavy (non-hydrogen) atoms. The van der Waals surface area contributed by atoms with E-state index in [9.17, 15) is 15.3 Å². The lowest BCUT2D eigenvalue weighted by Crippen LogP contribution is -2.62. The molecule has 1 aliphatic rings. The Kier molecular flexibility index (Phi) is 4.91. The summed E-state index contributed by atoms with van der Waals surface area (Å²) in [5, 5.41) is 37.6. The Labute approximate surface area is 88.9 Å². The number of β-amino-alcohol motifs (C(OH)–C–C–N with tert-alkyl or cyclic N) is 1. The minimum absolute atomic E-state index is 0.241. The largest absolute Gasteiger partial charge is 0.395 e. The maximum absolute atomic E-state index is 9.63. The lowest BCUT2D eigenvalue weighted by Gasteiger charge is -2.43. The first-order valence-electron chi connectivity index (χ1n) is 5.21. The maximum atomic E-state index is 9.63. The van der Waals surface area contributed by atoms with Gasteiger partial charge in [0.15, 0.2) is 0 Å². The summed E-state index contributed by atoms with van der Waals surface area (Å²) < 4.78 is 0. The molecule has 6 heteroatoms. The van der Waals surface area contributed by atoms with Gasteiger partial charge in [-0.2, -0.15) is 0 Å². The van der Waals surface area contributed by atoms with Gasteiger partial charge in [0.25, 0.3) is 0 Å². The van der Waals surface area contributed by atoms with Crippen molar-refractivity contribution in [3.63, 3.8) is 0 Å². The Balaban J connectivity index is 2.60. The van der Waals surface area contributed by atoms with E-state index < -0.39 is 24.4 Å². The van der Waals surface area contributed by atoms with Crippen LogP contribution in [-0.4, -0.2) is 75.9 Å². The highest BCUT2D eigenvalue weighted by atomic mass is 16.4. The summed E-state index contributed by atoms with van der Waals surface area (Å²) in [5.41, 5.74) is 5.37. The average Bonchev–Trinajstić information content (AvgIpc) is 2.23. The van der Waals surface area contributed by atoms with Gasteiger partial charge in [0.05, 0.1) is 18.8 Å². The monoisotopic (exact) mass is 220 g/mol. The van der Waals surface area contributed by atoms with Crippen molar-refractivity contribution in [3.05, 3.63) is 0 Å².